The number of hydrogen-bond acceptors (Lipinski definition) is 5. The van der Waals surface area contributed by atoms with E-state index in [0.717, 1.165) is 6.42 Å². The number of fused-ring (bicyclic) bond motifs is 3. The number of halogens is 2. The monoisotopic (exact) mass is 528 g/mol. The van der Waals surface area contributed by atoms with E-state index in [0.29, 0.717) is 42.4 Å². The maximum absolute atomic E-state index is 15.5. The number of benzene rings is 2. The van der Waals surface area contributed by atoms with Crippen molar-refractivity contribution in [2.24, 2.45) is 24.6 Å². The first-order valence-electron chi connectivity index (χ1n) is 12.9. The van der Waals surface area contributed by atoms with Crippen LogP contribution in [-0.2, 0) is 12.5 Å². The van der Waals surface area contributed by atoms with E-state index in [1.807, 2.05) is 12.1 Å². The zero-order valence-electron chi connectivity index (χ0n) is 21.2. The van der Waals surface area contributed by atoms with Crippen molar-refractivity contribution in [3.05, 3.63) is 92.8 Å². The third-order valence-corrected chi connectivity index (χ3v) is 8.89. The molecule has 3 atom stereocenters. The molecular weight excluding hydrogens is 502 g/mol. The molecule has 3 aromatic heterocycles. The van der Waals surface area contributed by atoms with Gasteiger partial charge in [0, 0.05) is 66.4 Å². The molecule has 0 bridgehead atoms. The number of piperidine rings is 1. The van der Waals surface area contributed by atoms with Crippen LogP contribution in [0, 0.1) is 23.5 Å². The van der Waals surface area contributed by atoms with Crippen LogP contribution in [-0.4, -0.2) is 39.2 Å². The average molecular weight is 529 g/mol. The van der Waals surface area contributed by atoms with E-state index in [9.17, 15) is 14.0 Å². The fourth-order valence-electron chi connectivity index (χ4n) is 6.90. The molecule has 1 aliphatic heterocycles. The molecular formula is C29H26F2N6O2. The summed E-state index contributed by atoms with van der Waals surface area (Å²) >= 11 is 0. The van der Waals surface area contributed by atoms with Crippen molar-refractivity contribution in [2.45, 2.75) is 11.8 Å². The largest absolute Gasteiger partial charge is 0.345 e. The Morgan fingerprint density at radius 1 is 1.05 bits per heavy atom. The molecule has 2 aliphatic rings. The second-order valence-corrected chi connectivity index (χ2v) is 10.6. The summed E-state index contributed by atoms with van der Waals surface area (Å²) in [7, 11) is 1.66. The Hall–Kier alpha value is -4.31. The lowest BCUT2D eigenvalue weighted by Crippen LogP contribution is -2.37. The Morgan fingerprint density at radius 3 is 2.67 bits per heavy atom. The third-order valence-electron chi connectivity index (χ3n) is 8.89. The van der Waals surface area contributed by atoms with Crippen molar-refractivity contribution < 1.29 is 8.78 Å². The number of aromatic amines is 2. The van der Waals surface area contributed by atoms with Crippen LogP contribution in [0.15, 0.2) is 64.4 Å². The number of nitrogens with one attached hydrogen (secondary N) is 2. The lowest BCUT2D eigenvalue weighted by molar-refractivity contribution is 0.530. The van der Waals surface area contributed by atoms with Crippen molar-refractivity contribution in [3.63, 3.8) is 0 Å². The molecule has 1 aliphatic carbocycles. The highest BCUT2D eigenvalue weighted by atomic mass is 19.1. The van der Waals surface area contributed by atoms with Gasteiger partial charge in [0.25, 0.3) is 11.1 Å². The van der Waals surface area contributed by atoms with E-state index in [2.05, 4.69) is 14.9 Å². The number of H-pyrrole nitrogens is 2. The lowest BCUT2D eigenvalue weighted by atomic mass is 9.91. The van der Waals surface area contributed by atoms with Crippen LogP contribution in [0.3, 0.4) is 0 Å². The number of anilines is 1. The molecule has 10 heteroatoms. The number of hydrogen-bond donors (Lipinski definition) is 3. The molecule has 2 aromatic carbocycles. The SMILES string of the molecule is Cn1c(N2CC[C@@H]3[C@H](C2)[C@@]3(CN)c2ccccc2F)nc2[nH]cc(-c3ccc4c(=O)[nH]ccc4c3F)c2c1=O. The smallest absolute Gasteiger partial charge is 0.264 e. The molecule has 0 radical (unpaired) electrons. The molecule has 8 nitrogen and oxygen atoms in total. The van der Waals surface area contributed by atoms with Gasteiger partial charge in [0.2, 0.25) is 5.95 Å². The van der Waals surface area contributed by atoms with Crippen molar-refractivity contribution in [1.29, 1.82) is 0 Å². The van der Waals surface area contributed by atoms with E-state index in [-0.39, 0.29) is 50.5 Å². The standard InChI is InChI=1S/C29H26F2N6O2/c1-36-27(39)23-18(15-6-7-17-16(24(15)31)8-10-33-26(17)38)12-34-25(23)35-28(36)37-11-9-19-21(13-37)29(19,14-32)20-4-2-3-5-22(20)30/h2-8,10,12,19,21,34H,9,11,13-14,32H2,1H3,(H,33,38)/t19-,21+,29-/m1/s1. The van der Waals surface area contributed by atoms with E-state index >= 15 is 4.39 Å². The molecule has 1 saturated carbocycles. The number of nitrogens with zero attached hydrogens (tertiary/aromatic N) is 3. The summed E-state index contributed by atoms with van der Waals surface area (Å²) in [5.74, 6) is 0.107. The lowest BCUT2D eigenvalue weighted by Gasteiger charge is -2.28. The van der Waals surface area contributed by atoms with Gasteiger partial charge in [0.05, 0.1) is 5.39 Å². The molecule has 4 N–H and O–H groups in total. The van der Waals surface area contributed by atoms with E-state index in [4.69, 9.17) is 10.7 Å². The van der Waals surface area contributed by atoms with Crippen LogP contribution in [0.2, 0.25) is 0 Å². The van der Waals surface area contributed by atoms with Crippen LogP contribution in [0.5, 0.6) is 0 Å². The topological polar surface area (TPSA) is 113 Å². The second-order valence-electron chi connectivity index (χ2n) is 10.6. The van der Waals surface area contributed by atoms with E-state index in [1.165, 1.54) is 29.0 Å². The van der Waals surface area contributed by atoms with Gasteiger partial charge in [-0.2, -0.15) is 4.98 Å². The highest BCUT2D eigenvalue weighted by molar-refractivity contribution is 5.97. The first kappa shape index (κ1) is 23.8. The molecule has 4 heterocycles. The summed E-state index contributed by atoms with van der Waals surface area (Å²) in [5, 5.41) is 0.685. The molecule has 1 saturated heterocycles. The number of pyridine rings is 1. The molecule has 0 amide bonds. The minimum absolute atomic E-state index is 0.148. The predicted molar refractivity (Wildman–Crippen MR) is 146 cm³/mol. The summed E-state index contributed by atoms with van der Waals surface area (Å²) in [6, 6.07) is 11.4. The van der Waals surface area contributed by atoms with Gasteiger partial charge in [-0.15, -0.1) is 0 Å². The summed E-state index contributed by atoms with van der Waals surface area (Å²) < 4.78 is 31.8. The van der Waals surface area contributed by atoms with Gasteiger partial charge in [0.1, 0.15) is 17.3 Å². The fraction of sp³-hybridized carbons (Fsp3) is 0.276. The molecule has 2 fully saturated rings. The van der Waals surface area contributed by atoms with Crippen LogP contribution in [0.25, 0.3) is 32.9 Å². The van der Waals surface area contributed by atoms with Gasteiger partial charge in [-0.1, -0.05) is 24.3 Å². The van der Waals surface area contributed by atoms with Crippen LogP contribution in [0.4, 0.5) is 14.7 Å². The third kappa shape index (κ3) is 3.21. The first-order chi connectivity index (χ1) is 18.9. The maximum Gasteiger partial charge on any atom is 0.264 e. The molecule has 5 aromatic rings. The van der Waals surface area contributed by atoms with E-state index in [1.54, 1.807) is 25.4 Å². The molecule has 7 rings (SSSR count). The summed E-state index contributed by atoms with van der Waals surface area (Å²) in [6.07, 6.45) is 3.78. The summed E-state index contributed by atoms with van der Waals surface area (Å²) in [4.78, 5) is 38.2. The highest BCUT2D eigenvalue weighted by Crippen LogP contribution is 2.63. The minimum atomic E-state index is -0.576. The molecule has 0 unspecified atom stereocenters. The van der Waals surface area contributed by atoms with Crippen molar-refractivity contribution in [3.8, 4) is 11.1 Å². The van der Waals surface area contributed by atoms with Crippen molar-refractivity contribution in [1.82, 2.24) is 19.5 Å². The van der Waals surface area contributed by atoms with Crippen LogP contribution >= 0.6 is 0 Å². The normalized spacial score (nSPS) is 22.4. The van der Waals surface area contributed by atoms with Gasteiger partial charge in [-0.3, -0.25) is 14.2 Å². The van der Waals surface area contributed by atoms with Gasteiger partial charge >= 0.3 is 0 Å². The Labute approximate surface area is 221 Å². The van der Waals surface area contributed by atoms with Crippen molar-refractivity contribution in [2.75, 3.05) is 24.5 Å². The number of aromatic nitrogens is 4. The maximum atomic E-state index is 15.5. The number of rotatable bonds is 4. The zero-order valence-corrected chi connectivity index (χ0v) is 21.2. The predicted octanol–water partition coefficient (Wildman–Crippen LogP) is 3.40. The van der Waals surface area contributed by atoms with Crippen molar-refractivity contribution >= 4 is 27.8 Å². The highest BCUT2D eigenvalue weighted by Gasteiger charge is 2.66. The summed E-state index contributed by atoms with van der Waals surface area (Å²) in [5.41, 5.74) is 6.74. The van der Waals surface area contributed by atoms with Gasteiger partial charge in [-0.05, 0) is 42.0 Å². The zero-order chi connectivity index (χ0) is 27.1. The number of nitrogens with two attached hydrogens (primary N) is 1. The molecule has 39 heavy (non-hydrogen) atoms. The van der Waals surface area contributed by atoms with Gasteiger partial charge in [-0.25, -0.2) is 8.78 Å². The van der Waals surface area contributed by atoms with E-state index < -0.39 is 11.2 Å². The average Bonchev–Trinajstić information content (AvgIpc) is 3.40. The minimum Gasteiger partial charge on any atom is -0.345 e. The second kappa shape index (κ2) is 8.34. The Bertz CT molecular complexity index is 1910. The Balaban J connectivity index is 1.28. The fourth-order valence-corrected chi connectivity index (χ4v) is 6.90. The van der Waals surface area contributed by atoms with Crippen LogP contribution < -0.4 is 21.8 Å². The Kier molecular flexibility index (Phi) is 5.09. The quantitative estimate of drug-likeness (QED) is 0.331. The van der Waals surface area contributed by atoms with Crippen LogP contribution in [0.1, 0.15) is 12.0 Å². The Morgan fingerprint density at radius 2 is 1.87 bits per heavy atom. The summed E-state index contributed by atoms with van der Waals surface area (Å²) in [6.45, 7) is 1.61. The molecule has 198 valence electrons. The van der Waals surface area contributed by atoms with Gasteiger partial charge in [0.15, 0.2) is 0 Å². The van der Waals surface area contributed by atoms with Gasteiger partial charge < -0.3 is 20.6 Å². The molecule has 0 spiro atoms. The first-order valence-corrected chi connectivity index (χ1v) is 12.9.